The molecule has 0 unspecified atom stereocenters. The molecule has 0 spiro atoms. The van der Waals surface area contributed by atoms with Crippen molar-refractivity contribution in [2.24, 2.45) is 0 Å². The molecule has 1 heterocycles. The van der Waals surface area contributed by atoms with Gasteiger partial charge in [0.2, 0.25) is 5.16 Å². The molecule has 0 aliphatic rings. The van der Waals surface area contributed by atoms with Crippen molar-refractivity contribution in [2.75, 3.05) is 13.0 Å². The van der Waals surface area contributed by atoms with Crippen molar-refractivity contribution in [1.82, 2.24) is 14.9 Å². The molecule has 0 aliphatic heterocycles. The van der Waals surface area contributed by atoms with Gasteiger partial charge in [-0.05, 0) is 29.8 Å². The molecular formula is C17H16F2N4OS2. The number of alkyl halides is 2. The normalized spacial score (nSPS) is 11.1. The van der Waals surface area contributed by atoms with Gasteiger partial charge in [-0.3, -0.25) is 0 Å². The third-order valence-corrected chi connectivity index (χ3v) is 5.27. The Labute approximate surface area is 157 Å². The molecule has 0 aliphatic carbocycles. The number of methoxy groups -OCH3 is 1. The maximum Gasteiger partial charge on any atom is 0.288 e. The van der Waals surface area contributed by atoms with Crippen LogP contribution in [0.15, 0.2) is 58.6 Å². The molecule has 2 N–H and O–H groups in total. The number of nitrogen functional groups attached to an aromatic ring is 1. The number of rotatable bonds is 7. The molecule has 5 nitrogen and oxygen atoms in total. The van der Waals surface area contributed by atoms with Gasteiger partial charge >= 0.3 is 0 Å². The Bertz CT molecular complexity index is 871. The van der Waals surface area contributed by atoms with E-state index < -0.39 is 5.76 Å². The topological polar surface area (TPSA) is 66.0 Å². The van der Waals surface area contributed by atoms with Crippen LogP contribution in [0.25, 0.3) is 11.4 Å². The minimum atomic E-state index is -2.42. The van der Waals surface area contributed by atoms with Gasteiger partial charge < -0.3 is 10.6 Å². The molecular weight excluding hydrogens is 378 g/mol. The van der Waals surface area contributed by atoms with Crippen LogP contribution in [0.5, 0.6) is 5.75 Å². The summed E-state index contributed by atoms with van der Waals surface area (Å²) in [5.41, 5.74) is 1.74. The van der Waals surface area contributed by atoms with Crippen LogP contribution in [-0.4, -0.2) is 27.7 Å². The quantitative estimate of drug-likeness (QED) is 0.477. The average molecular weight is 394 g/mol. The fraction of sp³-hybridized carbons (Fsp3) is 0.176. The summed E-state index contributed by atoms with van der Waals surface area (Å²) < 4.78 is 31.5. The first-order valence-corrected chi connectivity index (χ1v) is 9.45. The Hall–Kier alpha value is -2.26. The van der Waals surface area contributed by atoms with E-state index in [4.69, 9.17) is 10.6 Å². The Morgan fingerprint density at radius 3 is 2.54 bits per heavy atom. The molecule has 2 aromatic carbocycles. The van der Waals surface area contributed by atoms with E-state index in [0.717, 1.165) is 11.1 Å². The Balaban J connectivity index is 1.71. The number of ether oxygens (including phenoxy) is 1. The van der Waals surface area contributed by atoms with Crippen molar-refractivity contribution in [2.45, 2.75) is 21.6 Å². The molecule has 3 aromatic rings. The summed E-state index contributed by atoms with van der Waals surface area (Å²) >= 11 is 1.95. The first kappa shape index (κ1) is 18.5. The molecule has 0 atom stereocenters. The fourth-order valence-corrected chi connectivity index (χ4v) is 3.61. The highest BCUT2D eigenvalue weighted by atomic mass is 32.2. The molecule has 0 fully saturated rings. The van der Waals surface area contributed by atoms with Crippen LogP contribution < -0.4 is 10.6 Å². The van der Waals surface area contributed by atoms with E-state index in [1.807, 2.05) is 36.4 Å². The molecule has 9 heteroatoms. The van der Waals surface area contributed by atoms with Crippen molar-refractivity contribution in [1.29, 1.82) is 0 Å². The summed E-state index contributed by atoms with van der Waals surface area (Å²) in [6.45, 7) is 0. The Morgan fingerprint density at radius 1 is 1.12 bits per heavy atom. The Kier molecular flexibility index (Phi) is 6.00. The van der Waals surface area contributed by atoms with Crippen molar-refractivity contribution in [3.05, 3.63) is 54.1 Å². The molecule has 0 bridgehead atoms. The lowest BCUT2D eigenvalue weighted by atomic mass is 10.2. The van der Waals surface area contributed by atoms with Crippen LogP contribution in [0.4, 0.5) is 8.78 Å². The number of benzene rings is 2. The molecule has 3 rings (SSSR count). The van der Waals surface area contributed by atoms with Gasteiger partial charge in [0, 0.05) is 10.6 Å². The van der Waals surface area contributed by atoms with Gasteiger partial charge in [0.1, 0.15) is 5.75 Å². The second-order valence-corrected chi connectivity index (χ2v) is 7.19. The number of hydrogen-bond donors (Lipinski definition) is 1. The van der Waals surface area contributed by atoms with Crippen LogP contribution in [0.3, 0.4) is 0 Å². The fourth-order valence-electron chi connectivity index (χ4n) is 2.30. The highest BCUT2D eigenvalue weighted by Crippen LogP contribution is 2.31. The average Bonchev–Trinajstić information content (AvgIpc) is 3.01. The van der Waals surface area contributed by atoms with Crippen LogP contribution in [0, 0.1) is 0 Å². The van der Waals surface area contributed by atoms with E-state index in [1.165, 1.54) is 16.4 Å². The van der Waals surface area contributed by atoms with Gasteiger partial charge in [-0.25, -0.2) is 4.68 Å². The first-order chi connectivity index (χ1) is 12.6. The summed E-state index contributed by atoms with van der Waals surface area (Å²) in [4.78, 5) is 0.536. The lowest BCUT2D eigenvalue weighted by molar-refractivity contribution is 0.252. The summed E-state index contributed by atoms with van der Waals surface area (Å²) in [7, 11) is 1.59. The number of thioether (sulfide) groups is 2. The number of aromatic nitrogens is 3. The molecule has 0 radical (unpaired) electrons. The molecule has 26 heavy (non-hydrogen) atoms. The lowest BCUT2D eigenvalue weighted by Gasteiger charge is -2.08. The zero-order valence-electron chi connectivity index (χ0n) is 13.8. The van der Waals surface area contributed by atoms with E-state index >= 15 is 0 Å². The van der Waals surface area contributed by atoms with Gasteiger partial charge in [-0.2, -0.15) is 8.78 Å². The summed E-state index contributed by atoms with van der Waals surface area (Å²) in [6.07, 6.45) is 0. The second-order valence-electron chi connectivity index (χ2n) is 5.19. The van der Waals surface area contributed by atoms with Gasteiger partial charge in [0.05, 0.1) is 12.7 Å². The predicted octanol–water partition coefficient (Wildman–Crippen LogP) is 4.27. The minimum absolute atomic E-state index is 0.508. The van der Waals surface area contributed by atoms with Gasteiger partial charge in [0.25, 0.3) is 5.76 Å². The maximum atomic E-state index is 12.3. The van der Waals surface area contributed by atoms with E-state index in [9.17, 15) is 8.78 Å². The van der Waals surface area contributed by atoms with Crippen molar-refractivity contribution < 1.29 is 13.5 Å². The summed E-state index contributed by atoms with van der Waals surface area (Å²) in [6, 6.07) is 14.4. The lowest BCUT2D eigenvalue weighted by Crippen LogP contribution is -2.11. The SMILES string of the molecule is COc1ccccc1-c1nnc(SCc2ccc(SC(F)F)cc2)n1N. The largest absolute Gasteiger partial charge is 0.496 e. The molecule has 0 saturated heterocycles. The third kappa shape index (κ3) is 4.28. The zero-order chi connectivity index (χ0) is 18.5. The predicted molar refractivity (Wildman–Crippen MR) is 100 cm³/mol. The standard InChI is InChI=1S/C17H16F2N4OS2/c1-24-14-5-3-2-4-13(14)15-21-22-17(23(15)20)25-10-11-6-8-12(9-7-11)26-16(18)19/h2-9,16H,10,20H2,1H3. The number of halogens is 2. The third-order valence-electron chi connectivity index (χ3n) is 3.53. The van der Waals surface area contributed by atoms with E-state index in [1.54, 1.807) is 19.2 Å². The molecule has 0 amide bonds. The highest BCUT2D eigenvalue weighted by Gasteiger charge is 2.15. The van der Waals surface area contributed by atoms with Crippen LogP contribution >= 0.6 is 23.5 Å². The molecule has 136 valence electrons. The van der Waals surface area contributed by atoms with E-state index in [0.29, 0.717) is 39.1 Å². The van der Waals surface area contributed by atoms with Crippen molar-refractivity contribution in [3.8, 4) is 17.1 Å². The monoisotopic (exact) mass is 394 g/mol. The molecule has 0 saturated carbocycles. The minimum Gasteiger partial charge on any atom is -0.496 e. The number of para-hydroxylation sites is 1. The Morgan fingerprint density at radius 2 is 1.85 bits per heavy atom. The maximum absolute atomic E-state index is 12.3. The highest BCUT2D eigenvalue weighted by molar-refractivity contribution is 7.99. The number of nitrogens with two attached hydrogens (primary N) is 1. The van der Waals surface area contributed by atoms with Crippen LogP contribution in [-0.2, 0) is 5.75 Å². The summed E-state index contributed by atoms with van der Waals surface area (Å²) in [5.74, 6) is 5.48. The number of nitrogens with zero attached hydrogens (tertiary/aromatic N) is 3. The van der Waals surface area contributed by atoms with Gasteiger partial charge in [-0.15, -0.1) is 10.2 Å². The smallest absolute Gasteiger partial charge is 0.288 e. The van der Waals surface area contributed by atoms with Gasteiger partial charge in [-0.1, -0.05) is 47.8 Å². The van der Waals surface area contributed by atoms with Crippen molar-refractivity contribution >= 4 is 23.5 Å². The van der Waals surface area contributed by atoms with E-state index in [2.05, 4.69) is 10.2 Å². The van der Waals surface area contributed by atoms with E-state index in [-0.39, 0.29) is 0 Å². The zero-order valence-corrected chi connectivity index (χ0v) is 15.4. The summed E-state index contributed by atoms with van der Waals surface area (Å²) in [5, 5.41) is 8.84. The van der Waals surface area contributed by atoms with Crippen LogP contribution in [0.1, 0.15) is 5.56 Å². The van der Waals surface area contributed by atoms with Gasteiger partial charge in [0.15, 0.2) is 5.82 Å². The second kappa shape index (κ2) is 8.41. The van der Waals surface area contributed by atoms with Crippen molar-refractivity contribution in [3.63, 3.8) is 0 Å². The van der Waals surface area contributed by atoms with Crippen LogP contribution in [0.2, 0.25) is 0 Å². The first-order valence-electron chi connectivity index (χ1n) is 7.59. The molecule has 1 aromatic heterocycles. The number of hydrogen-bond acceptors (Lipinski definition) is 6.